The van der Waals surface area contributed by atoms with Crippen molar-refractivity contribution >= 4 is 15.7 Å². The molecule has 0 spiro atoms. The van der Waals surface area contributed by atoms with E-state index in [0.29, 0.717) is 4.90 Å². The summed E-state index contributed by atoms with van der Waals surface area (Å²) in [4.78, 5) is 2.50. The average Bonchev–Trinajstić information content (AvgIpc) is 2.37. The van der Waals surface area contributed by atoms with Crippen LogP contribution in [0.2, 0.25) is 0 Å². The first-order valence-electron chi connectivity index (χ1n) is 6.90. The van der Waals surface area contributed by atoms with E-state index in [0.717, 1.165) is 25.3 Å². The molecule has 0 saturated carbocycles. The maximum atomic E-state index is 12.0. The molecule has 6 heteroatoms. The minimum absolute atomic E-state index is 0.109. The van der Waals surface area contributed by atoms with Crippen molar-refractivity contribution in [1.29, 1.82) is 0 Å². The van der Waals surface area contributed by atoms with Gasteiger partial charge in [-0.25, -0.2) is 13.1 Å². The summed E-state index contributed by atoms with van der Waals surface area (Å²) < 4.78 is 26.5. The number of nitrogens with zero attached hydrogens (tertiary/aromatic N) is 1. The van der Waals surface area contributed by atoms with E-state index in [1.807, 2.05) is 0 Å². The van der Waals surface area contributed by atoms with Gasteiger partial charge in [0.25, 0.3) is 0 Å². The van der Waals surface area contributed by atoms with Crippen molar-refractivity contribution in [3.8, 4) is 0 Å². The molecule has 20 heavy (non-hydrogen) atoms. The van der Waals surface area contributed by atoms with Gasteiger partial charge in [-0.2, -0.15) is 0 Å². The molecule has 0 amide bonds. The summed E-state index contributed by atoms with van der Waals surface area (Å²) in [6, 6.07) is 6.72. The van der Waals surface area contributed by atoms with Gasteiger partial charge in [-0.3, -0.25) is 0 Å². The summed E-state index contributed by atoms with van der Waals surface area (Å²) in [5.74, 6) is 0. The molecule has 0 aliphatic heterocycles. The molecule has 5 nitrogen and oxygen atoms in total. The molecule has 0 bridgehead atoms. The largest absolute Gasteiger partial charge is 0.384 e. The highest BCUT2D eigenvalue weighted by atomic mass is 32.2. The van der Waals surface area contributed by atoms with Crippen molar-refractivity contribution in [1.82, 2.24) is 9.62 Å². The van der Waals surface area contributed by atoms with Crippen LogP contribution >= 0.6 is 0 Å². The van der Waals surface area contributed by atoms with Crippen LogP contribution in [0.1, 0.15) is 20.8 Å². The van der Waals surface area contributed by atoms with Crippen LogP contribution in [0.15, 0.2) is 29.2 Å². The molecule has 2 N–H and O–H groups in total. The highest BCUT2D eigenvalue weighted by Crippen LogP contribution is 2.14. The fraction of sp³-hybridized carbons (Fsp3) is 0.571. The van der Waals surface area contributed by atoms with E-state index in [1.165, 1.54) is 0 Å². The number of rotatable bonds is 8. The lowest BCUT2D eigenvalue weighted by atomic mass is 10.3. The second kappa shape index (κ2) is 7.61. The molecule has 0 aliphatic carbocycles. The third-order valence-electron chi connectivity index (χ3n) is 2.92. The third kappa shape index (κ3) is 5.48. The molecule has 0 aliphatic rings. The number of hydrogen-bond donors (Lipinski definition) is 2. The fourth-order valence-corrected chi connectivity index (χ4v) is 2.93. The lowest BCUT2D eigenvalue weighted by Crippen LogP contribution is -2.30. The minimum atomic E-state index is -3.40. The van der Waals surface area contributed by atoms with Crippen molar-refractivity contribution in [2.24, 2.45) is 0 Å². The lowest BCUT2D eigenvalue weighted by molar-refractivity contribution is 0.367. The maximum absolute atomic E-state index is 12.0. The van der Waals surface area contributed by atoms with Gasteiger partial charge in [-0.15, -0.1) is 0 Å². The van der Waals surface area contributed by atoms with Gasteiger partial charge in [0.05, 0.1) is 4.90 Å². The Kier molecular flexibility index (Phi) is 6.45. The molecule has 0 aromatic heterocycles. The van der Waals surface area contributed by atoms with Gasteiger partial charge in [0.2, 0.25) is 10.0 Å². The van der Waals surface area contributed by atoms with E-state index in [9.17, 15) is 8.42 Å². The zero-order valence-corrected chi connectivity index (χ0v) is 13.5. The van der Waals surface area contributed by atoms with Crippen LogP contribution in [0.4, 0.5) is 5.69 Å². The van der Waals surface area contributed by atoms with Crippen LogP contribution < -0.4 is 10.0 Å². The van der Waals surface area contributed by atoms with Crippen molar-refractivity contribution in [3.05, 3.63) is 24.3 Å². The van der Waals surface area contributed by atoms with Gasteiger partial charge in [-0.05, 0) is 51.7 Å². The van der Waals surface area contributed by atoms with Crippen molar-refractivity contribution < 1.29 is 8.42 Å². The highest BCUT2D eigenvalue weighted by molar-refractivity contribution is 7.89. The normalized spacial score (nSPS) is 12.1. The SMILES string of the molecule is CCN(C)CCNc1ccc(S(=O)(=O)NC(C)C)cc1. The number of likely N-dealkylation sites (N-methyl/N-ethyl adjacent to an activating group) is 1. The van der Waals surface area contributed by atoms with E-state index < -0.39 is 10.0 Å². The summed E-state index contributed by atoms with van der Waals surface area (Å²) >= 11 is 0. The Labute approximate surface area is 122 Å². The fourth-order valence-electron chi connectivity index (χ4n) is 1.68. The molecule has 0 heterocycles. The van der Waals surface area contributed by atoms with Crippen LogP contribution in [-0.4, -0.2) is 46.0 Å². The first-order chi connectivity index (χ1) is 9.35. The zero-order valence-electron chi connectivity index (χ0n) is 12.7. The Balaban J connectivity index is 2.60. The predicted octanol–water partition coefficient (Wildman–Crippen LogP) is 1.74. The van der Waals surface area contributed by atoms with Crippen LogP contribution in [0, 0.1) is 0 Å². The number of benzene rings is 1. The van der Waals surface area contributed by atoms with Crippen molar-refractivity contribution in [3.63, 3.8) is 0 Å². The molecule has 0 fully saturated rings. The molecule has 1 aromatic carbocycles. The first kappa shape index (κ1) is 16.9. The molecule has 1 rings (SSSR count). The van der Waals surface area contributed by atoms with E-state index in [2.05, 4.69) is 28.9 Å². The van der Waals surface area contributed by atoms with Gasteiger partial charge in [0, 0.05) is 24.8 Å². The average molecular weight is 299 g/mol. The molecule has 1 aromatic rings. The Bertz CT molecular complexity index is 498. The number of anilines is 1. The summed E-state index contributed by atoms with van der Waals surface area (Å²) in [5.41, 5.74) is 0.929. The Morgan fingerprint density at radius 2 is 1.80 bits per heavy atom. The maximum Gasteiger partial charge on any atom is 0.240 e. The smallest absolute Gasteiger partial charge is 0.240 e. The van der Waals surface area contributed by atoms with Crippen LogP contribution in [-0.2, 0) is 10.0 Å². The van der Waals surface area contributed by atoms with Gasteiger partial charge < -0.3 is 10.2 Å². The van der Waals surface area contributed by atoms with Crippen LogP contribution in [0.3, 0.4) is 0 Å². The number of sulfonamides is 1. The quantitative estimate of drug-likeness (QED) is 0.767. The molecule has 114 valence electrons. The Morgan fingerprint density at radius 1 is 1.20 bits per heavy atom. The molecular weight excluding hydrogens is 274 g/mol. The van der Waals surface area contributed by atoms with Gasteiger partial charge in [0.15, 0.2) is 0 Å². The number of hydrogen-bond acceptors (Lipinski definition) is 4. The van der Waals surface area contributed by atoms with Crippen molar-refractivity contribution in [2.75, 3.05) is 32.0 Å². The van der Waals surface area contributed by atoms with E-state index in [1.54, 1.807) is 38.1 Å². The van der Waals surface area contributed by atoms with Crippen LogP contribution in [0.5, 0.6) is 0 Å². The van der Waals surface area contributed by atoms with E-state index in [-0.39, 0.29) is 6.04 Å². The first-order valence-corrected chi connectivity index (χ1v) is 8.38. The summed E-state index contributed by atoms with van der Waals surface area (Å²) in [6.07, 6.45) is 0. The van der Waals surface area contributed by atoms with E-state index >= 15 is 0 Å². The number of nitrogens with one attached hydrogen (secondary N) is 2. The Hall–Kier alpha value is -1.11. The van der Waals surface area contributed by atoms with Crippen LogP contribution in [0.25, 0.3) is 0 Å². The topological polar surface area (TPSA) is 61.4 Å². The summed E-state index contributed by atoms with van der Waals surface area (Å²) in [7, 11) is -1.34. The molecule has 0 atom stereocenters. The summed E-state index contributed by atoms with van der Waals surface area (Å²) in [6.45, 7) is 8.52. The van der Waals surface area contributed by atoms with Gasteiger partial charge in [-0.1, -0.05) is 6.92 Å². The van der Waals surface area contributed by atoms with Gasteiger partial charge >= 0.3 is 0 Å². The predicted molar refractivity (Wildman–Crippen MR) is 83.6 cm³/mol. The lowest BCUT2D eigenvalue weighted by Gasteiger charge is -2.15. The zero-order chi connectivity index (χ0) is 15.2. The summed E-state index contributed by atoms with van der Waals surface area (Å²) in [5, 5.41) is 3.27. The molecule has 0 radical (unpaired) electrons. The minimum Gasteiger partial charge on any atom is -0.384 e. The molecular formula is C14H25N3O2S. The highest BCUT2D eigenvalue weighted by Gasteiger charge is 2.14. The monoisotopic (exact) mass is 299 g/mol. The third-order valence-corrected chi connectivity index (χ3v) is 4.59. The second-order valence-electron chi connectivity index (χ2n) is 5.12. The van der Waals surface area contributed by atoms with E-state index in [4.69, 9.17) is 0 Å². The molecule has 0 unspecified atom stereocenters. The van der Waals surface area contributed by atoms with Crippen molar-refractivity contribution in [2.45, 2.75) is 31.7 Å². The second-order valence-corrected chi connectivity index (χ2v) is 6.84. The molecule has 0 saturated heterocycles. The van der Waals surface area contributed by atoms with Gasteiger partial charge in [0.1, 0.15) is 0 Å². The standard InChI is InChI=1S/C14H25N3O2S/c1-5-17(4)11-10-15-13-6-8-14(9-7-13)20(18,19)16-12(2)3/h6-9,12,15-16H,5,10-11H2,1-4H3. The Morgan fingerprint density at radius 3 is 2.30 bits per heavy atom.